The van der Waals surface area contributed by atoms with Gasteiger partial charge in [-0.1, -0.05) is 6.92 Å². The standard InChI is InChI=1S/C19H23N3O5S/c1-2-14-11-20-19(21-12-14)27-15-4-3-7-22(13-15)28(23,24)16-5-6-17-18(10-16)26-9-8-25-17/h5-6,10-12,15H,2-4,7-9,13H2,1H3. The monoisotopic (exact) mass is 405 g/mol. The van der Waals surface area contributed by atoms with Gasteiger partial charge in [-0.2, -0.15) is 4.31 Å². The van der Waals surface area contributed by atoms with Crippen molar-refractivity contribution in [1.82, 2.24) is 14.3 Å². The fourth-order valence-corrected chi connectivity index (χ4v) is 4.81. The lowest BCUT2D eigenvalue weighted by molar-refractivity contribution is 0.119. The van der Waals surface area contributed by atoms with Crippen LogP contribution in [0.15, 0.2) is 35.5 Å². The number of piperidine rings is 1. The molecule has 2 aliphatic heterocycles. The molecular weight excluding hydrogens is 382 g/mol. The normalized spacial score (nSPS) is 20.0. The first-order valence-electron chi connectivity index (χ1n) is 9.43. The van der Waals surface area contributed by atoms with Crippen LogP contribution in [0.1, 0.15) is 25.3 Å². The van der Waals surface area contributed by atoms with Gasteiger partial charge >= 0.3 is 6.01 Å². The molecule has 9 heteroatoms. The maximum absolute atomic E-state index is 13.1. The van der Waals surface area contributed by atoms with E-state index in [1.54, 1.807) is 24.5 Å². The molecule has 1 fully saturated rings. The first kappa shape index (κ1) is 18.9. The highest BCUT2D eigenvalue weighted by Crippen LogP contribution is 2.33. The van der Waals surface area contributed by atoms with Gasteiger partial charge in [-0.05, 0) is 37.0 Å². The zero-order chi connectivity index (χ0) is 19.6. The molecule has 0 amide bonds. The van der Waals surface area contributed by atoms with Crippen LogP contribution in [0.3, 0.4) is 0 Å². The summed E-state index contributed by atoms with van der Waals surface area (Å²) in [7, 11) is -3.65. The van der Waals surface area contributed by atoms with Gasteiger partial charge in [-0.3, -0.25) is 0 Å². The Morgan fingerprint density at radius 2 is 1.93 bits per heavy atom. The van der Waals surface area contributed by atoms with E-state index in [2.05, 4.69) is 9.97 Å². The summed E-state index contributed by atoms with van der Waals surface area (Å²) >= 11 is 0. The zero-order valence-corrected chi connectivity index (χ0v) is 16.5. The van der Waals surface area contributed by atoms with E-state index in [0.29, 0.717) is 37.7 Å². The smallest absolute Gasteiger partial charge is 0.316 e. The SMILES string of the molecule is CCc1cnc(OC2CCCN(S(=O)(=O)c3ccc4c(c3)OCCO4)C2)nc1. The molecule has 150 valence electrons. The highest BCUT2D eigenvalue weighted by Gasteiger charge is 2.32. The molecular formula is C19H23N3O5S. The van der Waals surface area contributed by atoms with Gasteiger partial charge in [0.25, 0.3) is 0 Å². The van der Waals surface area contributed by atoms with Crippen molar-refractivity contribution in [3.05, 3.63) is 36.2 Å². The van der Waals surface area contributed by atoms with Crippen molar-refractivity contribution in [2.75, 3.05) is 26.3 Å². The van der Waals surface area contributed by atoms with Crippen molar-refractivity contribution in [2.24, 2.45) is 0 Å². The highest BCUT2D eigenvalue weighted by atomic mass is 32.2. The van der Waals surface area contributed by atoms with Crippen LogP contribution < -0.4 is 14.2 Å². The van der Waals surface area contributed by atoms with Crippen molar-refractivity contribution in [1.29, 1.82) is 0 Å². The molecule has 1 unspecified atom stereocenters. The van der Waals surface area contributed by atoms with E-state index in [1.165, 1.54) is 10.4 Å². The lowest BCUT2D eigenvalue weighted by Gasteiger charge is -2.31. The first-order valence-corrected chi connectivity index (χ1v) is 10.9. The van der Waals surface area contributed by atoms with Gasteiger partial charge in [0.1, 0.15) is 19.3 Å². The third-order valence-electron chi connectivity index (χ3n) is 4.85. The summed E-state index contributed by atoms with van der Waals surface area (Å²) in [6.07, 6.45) is 5.50. The van der Waals surface area contributed by atoms with Gasteiger partial charge in [-0.15, -0.1) is 0 Å². The first-order chi connectivity index (χ1) is 13.6. The van der Waals surface area contributed by atoms with Gasteiger partial charge in [0, 0.05) is 25.0 Å². The maximum Gasteiger partial charge on any atom is 0.316 e. The Bertz CT molecular complexity index is 933. The predicted molar refractivity (Wildman–Crippen MR) is 101 cm³/mol. The number of benzene rings is 1. The van der Waals surface area contributed by atoms with Crippen LogP contribution in [-0.4, -0.2) is 55.1 Å². The Balaban J connectivity index is 1.48. The average molecular weight is 405 g/mol. The number of aryl methyl sites for hydroxylation is 1. The van der Waals surface area contributed by atoms with Gasteiger partial charge in [0.2, 0.25) is 10.0 Å². The minimum Gasteiger partial charge on any atom is -0.486 e. The second-order valence-electron chi connectivity index (χ2n) is 6.78. The second-order valence-corrected chi connectivity index (χ2v) is 8.72. The molecule has 0 bridgehead atoms. The minimum absolute atomic E-state index is 0.195. The van der Waals surface area contributed by atoms with E-state index in [9.17, 15) is 8.42 Å². The Labute approximate surface area is 164 Å². The Morgan fingerprint density at radius 1 is 1.18 bits per heavy atom. The van der Waals surface area contributed by atoms with Crippen molar-refractivity contribution in [3.63, 3.8) is 0 Å². The minimum atomic E-state index is -3.65. The fraction of sp³-hybridized carbons (Fsp3) is 0.474. The van der Waals surface area contributed by atoms with E-state index in [4.69, 9.17) is 14.2 Å². The number of nitrogens with zero attached hydrogens (tertiary/aromatic N) is 3. The van der Waals surface area contributed by atoms with Crippen LogP contribution in [0.5, 0.6) is 17.5 Å². The molecule has 2 aromatic rings. The van der Waals surface area contributed by atoms with Crippen molar-refractivity contribution < 1.29 is 22.6 Å². The fourth-order valence-electron chi connectivity index (χ4n) is 3.29. The summed E-state index contributed by atoms with van der Waals surface area (Å²) in [5, 5.41) is 0. The lowest BCUT2D eigenvalue weighted by Crippen LogP contribution is -2.44. The van der Waals surface area contributed by atoms with Crippen molar-refractivity contribution in [3.8, 4) is 17.5 Å². The van der Waals surface area contributed by atoms with E-state index < -0.39 is 10.0 Å². The summed E-state index contributed by atoms with van der Waals surface area (Å²) in [6, 6.07) is 5.00. The second kappa shape index (κ2) is 7.92. The van der Waals surface area contributed by atoms with Gasteiger partial charge in [0.15, 0.2) is 11.5 Å². The summed E-state index contributed by atoms with van der Waals surface area (Å²) in [5.74, 6) is 1.03. The molecule has 0 spiro atoms. The summed E-state index contributed by atoms with van der Waals surface area (Å²) in [4.78, 5) is 8.61. The zero-order valence-electron chi connectivity index (χ0n) is 15.7. The van der Waals surface area contributed by atoms with Gasteiger partial charge in [-0.25, -0.2) is 18.4 Å². The van der Waals surface area contributed by atoms with Crippen LogP contribution in [0, 0.1) is 0 Å². The molecule has 0 N–H and O–H groups in total. The number of rotatable bonds is 5. The number of fused-ring (bicyclic) bond motifs is 1. The van der Waals surface area contributed by atoms with E-state index in [1.807, 2.05) is 6.92 Å². The van der Waals surface area contributed by atoms with Gasteiger partial charge < -0.3 is 14.2 Å². The van der Waals surface area contributed by atoms with Crippen LogP contribution in [-0.2, 0) is 16.4 Å². The summed E-state index contributed by atoms with van der Waals surface area (Å²) < 4.78 is 44.5. The maximum atomic E-state index is 13.1. The van der Waals surface area contributed by atoms with E-state index in [-0.39, 0.29) is 23.6 Å². The number of aromatic nitrogens is 2. The van der Waals surface area contributed by atoms with Crippen molar-refractivity contribution in [2.45, 2.75) is 37.2 Å². The number of hydrogen-bond donors (Lipinski definition) is 0. The number of hydrogen-bond acceptors (Lipinski definition) is 7. The van der Waals surface area contributed by atoms with Crippen molar-refractivity contribution >= 4 is 10.0 Å². The molecule has 1 atom stereocenters. The number of sulfonamides is 1. The molecule has 28 heavy (non-hydrogen) atoms. The molecule has 0 aliphatic carbocycles. The molecule has 8 nitrogen and oxygen atoms in total. The van der Waals surface area contributed by atoms with Crippen LogP contribution in [0.25, 0.3) is 0 Å². The average Bonchev–Trinajstić information content (AvgIpc) is 2.74. The molecule has 1 aromatic carbocycles. The third-order valence-corrected chi connectivity index (χ3v) is 6.72. The largest absolute Gasteiger partial charge is 0.486 e. The molecule has 1 aromatic heterocycles. The Kier molecular flexibility index (Phi) is 5.36. The van der Waals surface area contributed by atoms with Crippen LogP contribution in [0.2, 0.25) is 0 Å². The molecule has 2 aliphatic rings. The summed E-state index contributed by atoms with van der Waals surface area (Å²) in [6.45, 7) is 3.61. The quantitative estimate of drug-likeness (QED) is 0.752. The van der Waals surface area contributed by atoms with E-state index >= 15 is 0 Å². The Hall–Kier alpha value is -2.39. The van der Waals surface area contributed by atoms with Gasteiger partial charge in [0.05, 0.1) is 11.4 Å². The highest BCUT2D eigenvalue weighted by molar-refractivity contribution is 7.89. The predicted octanol–water partition coefficient (Wildman–Crippen LogP) is 2.04. The molecule has 0 saturated carbocycles. The topological polar surface area (TPSA) is 90.9 Å². The lowest BCUT2D eigenvalue weighted by atomic mass is 10.1. The van der Waals surface area contributed by atoms with E-state index in [0.717, 1.165) is 18.4 Å². The molecule has 4 rings (SSSR count). The third kappa shape index (κ3) is 3.90. The molecule has 0 radical (unpaired) electrons. The molecule has 1 saturated heterocycles. The Morgan fingerprint density at radius 3 is 2.68 bits per heavy atom. The van der Waals surface area contributed by atoms with Crippen LogP contribution in [0.4, 0.5) is 0 Å². The summed E-state index contributed by atoms with van der Waals surface area (Å²) in [5.41, 5.74) is 1.03. The van der Waals surface area contributed by atoms with Crippen LogP contribution >= 0.6 is 0 Å². The molecule has 3 heterocycles. The number of ether oxygens (including phenoxy) is 3.